The zero-order chi connectivity index (χ0) is 16.4. The molecule has 1 aromatic carbocycles. The molecule has 0 aliphatic carbocycles. The minimum absolute atomic E-state index is 0.0676. The Kier molecular flexibility index (Phi) is 4.12. The van der Waals surface area contributed by atoms with Crippen LogP contribution in [0.4, 0.5) is 4.39 Å². The van der Waals surface area contributed by atoms with Crippen LogP contribution in [0.15, 0.2) is 24.4 Å². The zero-order valence-corrected chi connectivity index (χ0v) is 12.3. The van der Waals surface area contributed by atoms with Crippen molar-refractivity contribution < 1.29 is 28.2 Å². The molecule has 0 fully saturated rings. The SMILES string of the molecule is CC(=O)c1c[nH]c(C(=O)OCc2cc(F)cc3c2OCOC3)c1. The number of halogens is 1. The number of hydrogen-bond acceptors (Lipinski definition) is 5. The van der Waals surface area contributed by atoms with Gasteiger partial charge in [0.15, 0.2) is 12.6 Å². The van der Waals surface area contributed by atoms with Crippen molar-refractivity contribution >= 4 is 11.8 Å². The predicted molar refractivity (Wildman–Crippen MR) is 76.6 cm³/mol. The number of carbonyl (C=O) groups excluding carboxylic acids is 2. The van der Waals surface area contributed by atoms with Gasteiger partial charge in [0.05, 0.1) is 6.61 Å². The summed E-state index contributed by atoms with van der Waals surface area (Å²) in [6.45, 7) is 1.56. The van der Waals surface area contributed by atoms with Gasteiger partial charge in [-0.05, 0) is 25.1 Å². The summed E-state index contributed by atoms with van der Waals surface area (Å²) < 4.78 is 29.2. The number of H-pyrrole nitrogens is 1. The standard InChI is InChI=1S/C16H14FNO5/c1-9(19)10-4-14(18-5-10)16(20)22-7-12-3-13(17)2-11-6-21-8-23-15(11)12/h2-5,18H,6-8H2,1H3. The lowest BCUT2D eigenvalue weighted by molar-refractivity contribution is -0.0183. The molecule has 6 nitrogen and oxygen atoms in total. The maximum absolute atomic E-state index is 13.6. The second-order valence-electron chi connectivity index (χ2n) is 5.10. The monoisotopic (exact) mass is 319 g/mol. The van der Waals surface area contributed by atoms with Gasteiger partial charge in [-0.3, -0.25) is 4.79 Å². The molecule has 0 saturated heterocycles. The summed E-state index contributed by atoms with van der Waals surface area (Å²) >= 11 is 0. The van der Waals surface area contributed by atoms with E-state index < -0.39 is 11.8 Å². The first-order valence-corrected chi connectivity index (χ1v) is 6.93. The number of nitrogens with one attached hydrogen (secondary N) is 1. The van der Waals surface area contributed by atoms with Crippen LogP contribution in [-0.4, -0.2) is 23.5 Å². The number of ether oxygens (including phenoxy) is 3. The minimum Gasteiger partial charge on any atom is -0.467 e. The number of aromatic amines is 1. The first kappa shape index (κ1) is 15.2. The van der Waals surface area contributed by atoms with Gasteiger partial charge in [-0.2, -0.15) is 0 Å². The molecule has 0 bridgehead atoms. The summed E-state index contributed by atoms with van der Waals surface area (Å²) in [7, 11) is 0. The van der Waals surface area contributed by atoms with Crippen LogP contribution in [0, 0.1) is 5.82 Å². The number of Topliss-reactive ketones (excluding diaryl/α,β-unsaturated/α-hetero) is 1. The van der Waals surface area contributed by atoms with Crippen LogP contribution in [0.2, 0.25) is 0 Å². The van der Waals surface area contributed by atoms with Crippen LogP contribution >= 0.6 is 0 Å². The zero-order valence-electron chi connectivity index (χ0n) is 12.3. The fraction of sp³-hybridized carbons (Fsp3) is 0.250. The molecule has 0 atom stereocenters. The van der Waals surface area contributed by atoms with E-state index in [9.17, 15) is 14.0 Å². The average Bonchev–Trinajstić information content (AvgIpc) is 3.02. The van der Waals surface area contributed by atoms with E-state index in [-0.39, 0.29) is 31.5 Å². The fourth-order valence-electron chi connectivity index (χ4n) is 2.30. The van der Waals surface area contributed by atoms with Crippen molar-refractivity contribution in [3.63, 3.8) is 0 Å². The third kappa shape index (κ3) is 3.24. The Morgan fingerprint density at radius 3 is 2.91 bits per heavy atom. The second-order valence-corrected chi connectivity index (χ2v) is 5.10. The largest absolute Gasteiger partial charge is 0.467 e. The van der Waals surface area contributed by atoms with E-state index in [1.807, 2.05) is 0 Å². The van der Waals surface area contributed by atoms with Gasteiger partial charge in [-0.25, -0.2) is 9.18 Å². The minimum atomic E-state index is -0.637. The normalized spacial score (nSPS) is 13.1. The Morgan fingerprint density at radius 2 is 2.17 bits per heavy atom. The van der Waals surface area contributed by atoms with Crippen molar-refractivity contribution in [1.29, 1.82) is 0 Å². The summed E-state index contributed by atoms with van der Waals surface area (Å²) in [4.78, 5) is 25.9. The molecule has 3 rings (SSSR count). The molecule has 0 radical (unpaired) electrons. The number of rotatable bonds is 4. The smallest absolute Gasteiger partial charge is 0.355 e. The van der Waals surface area contributed by atoms with Crippen LogP contribution in [0.25, 0.3) is 0 Å². The summed E-state index contributed by atoms with van der Waals surface area (Å²) in [5.41, 5.74) is 1.54. The number of hydrogen-bond donors (Lipinski definition) is 1. The van der Waals surface area contributed by atoms with Gasteiger partial charge >= 0.3 is 5.97 Å². The Morgan fingerprint density at radius 1 is 1.35 bits per heavy atom. The van der Waals surface area contributed by atoms with Crippen LogP contribution < -0.4 is 4.74 Å². The molecule has 1 N–H and O–H groups in total. The van der Waals surface area contributed by atoms with Gasteiger partial charge in [0, 0.05) is 22.9 Å². The van der Waals surface area contributed by atoms with Crippen molar-refractivity contribution in [2.75, 3.05) is 6.79 Å². The fourth-order valence-corrected chi connectivity index (χ4v) is 2.30. The van der Waals surface area contributed by atoms with Crippen molar-refractivity contribution in [2.45, 2.75) is 20.1 Å². The first-order valence-electron chi connectivity index (χ1n) is 6.93. The van der Waals surface area contributed by atoms with E-state index in [4.69, 9.17) is 14.2 Å². The number of fused-ring (bicyclic) bond motifs is 1. The number of benzene rings is 1. The highest BCUT2D eigenvalue weighted by Gasteiger charge is 2.19. The lowest BCUT2D eigenvalue weighted by atomic mass is 10.1. The van der Waals surface area contributed by atoms with Crippen molar-refractivity contribution in [3.8, 4) is 5.75 Å². The highest BCUT2D eigenvalue weighted by atomic mass is 19.1. The van der Waals surface area contributed by atoms with E-state index in [1.165, 1.54) is 31.3 Å². The molecule has 1 aromatic heterocycles. The Balaban J connectivity index is 1.74. The van der Waals surface area contributed by atoms with E-state index in [0.717, 1.165) is 0 Å². The van der Waals surface area contributed by atoms with Crippen LogP contribution in [0.3, 0.4) is 0 Å². The molecule has 120 valence electrons. The van der Waals surface area contributed by atoms with Gasteiger partial charge in [-0.1, -0.05) is 0 Å². The maximum Gasteiger partial charge on any atom is 0.355 e. The third-order valence-corrected chi connectivity index (χ3v) is 3.42. The molecule has 0 amide bonds. The highest BCUT2D eigenvalue weighted by Crippen LogP contribution is 2.30. The Hall–Kier alpha value is -2.67. The molecule has 0 unspecified atom stereocenters. The topological polar surface area (TPSA) is 77.6 Å². The molecular formula is C16H14FNO5. The summed E-state index contributed by atoms with van der Waals surface area (Å²) in [5, 5.41) is 0. The predicted octanol–water partition coefficient (Wildman–Crippen LogP) is 2.58. The second kappa shape index (κ2) is 6.21. The lowest BCUT2D eigenvalue weighted by Gasteiger charge is -2.20. The highest BCUT2D eigenvalue weighted by molar-refractivity contribution is 5.97. The molecule has 2 heterocycles. The van der Waals surface area contributed by atoms with Gasteiger partial charge in [-0.15, -0.1) is 0 Å². The van der Waals surface area contributed by atoms with E-state index in [2.05, 4.69) is 4.98 Å². The Bertz CT molecular complexity index is 768. The molecule has 23 heavy (non-hydrogen) atoms. The first-order chi connectivity index (χ1) is 11.0. The summed E-state index contributed by atoms with van der Waals surface area (Å²) in [6.07, 6.45) is 1.43. The molecular weight excluding hydrogens is 305 g/mol. The number of ketones is 1. The van der Waals surface area contributed by atoms with E-state index >= 15 is 0 Å². The van der Waals surface area contributed by atoms with Crippen LogP contribution in [-0.2, 0) is 22.7 Å². The number of aromatic nitrogens is 1. The average molecular weight is 319 g/mol. The molecule has 1 aliphatic rings. The van der Waals surface area contributed by atoms with Crippen LogP contribution in [0.5, 0.6) is 5.75 Å². The van der Waals surface area contributed by atoms with Crippen molar-refractivity contribution in [2.24, 2.45) is 0 Å². The Labute approximate surface area is 131 Å². The van der Waals surface area contributed by atoms with Gasteiger partial charge in [0.2, 0.25) is 0 Å². The molecule has 0 spiro atoms. The van der Waals surface area contributed by atoms with Gasteiger partial charge < -0.3 is 19.2 Å². The van der Waals surface area contributed by atoms with Crippen molar-refractivity contribution in [3.05, 3.63) is 52.6 Å². The number of esters is 1. The van der Waals surface area contributed by atoms with E-state index in [1.54, 1.807) is 0 Å². The molecule has 1 aliphatic heterocycles. The molecule has 2 aromatic rings. The van der Waals surface area contributed by atoms with Crippen molar-refractivity contribution in [1.82, 2.24) is 4.98 Å². The molecule has 0 saturated carbocycles. The quantitative estimate of drug-likeness (QED) is 0.692. The van der Waals surface area contributed by atoms with Gasteiger partial charge in [0.1, 0.15) is 23.9 Å². The van der Waals surface area contributed by atoms with E-state index in [0.29, 0.717) is 22.4 Å². The summed E-state index contributed by atoms with van der Waals surface area (Å²) in [5.74, 6) is -0.778. The van der Waals surface area contributed by atoms with Crippen LogP contribution in [0.1, 0.15) is 38.9 Å². The summed E-state index contributed by atoms with van der Waals surface area (Å²) in [6, 6.07) is 3.99. The lowest BCUT2D eigenvalue weighted by Crippen LogP contribution is -2.15. The number of carbonyl (C=O) groups is 2. The maximum atomic E-state index is 13.6. The third-order valence-electron chi connectivity index (χ3n) is 3.42. The van der Waals surface area contributed by atoms with Gasteiger partial charge in [0.25, 0.3) is 0 Å². The molecule has 7 heteroatoms.